The maximum atomic E-state index is 14.5. The van der Waals surface area contributed by atoms with E-state index in [1.54, 1.807) is 0 Å². The van der Waals surface area contributed by atoms with Crippen molar-refractivity contribution in [3.05, 3.63) is 46.8 Å². The van der Waals surface area contributed by atoms with Gasteiger partial charge in [0, 0.05) is 11.6 Å². The molecular weight excluding hydrogens is 324 g/mol. The molecule has 2 rings (SSSR count). The fourth-order valence-electron chi connectivity index (χ4n) is 1.96. The molecule has 3 nitrogen and oxygen atoms in total. The number of alkyl halides is 2. The minimum absolute atomic E-state index is 0.172. The molecule has 1 atom stereocenters. The fraction of sp³-hybridized carbons (Fsp3) is 0.286. The summed E-state index contributed by atoms with van der Waals surface area (Å²) in [5.41, 5.74) is -3.26. The molecule has 1 aromatic rings. The van der Waals surface area contributed by atoms with E-state index in [2.05, 4.69) is 16.7 Å². The average molecular weight is 335 g/mol. The summed E-state index contributed by atoms with van der Waals surface area (Å²) in [4.78, 5) is 6.80. The van der Waals surface area contributed by atoms with Gasteiger partial charge in [0.1, 0.15) is 16.8 Å². The molecule has 1 aromatic carbocycles. The molecule has 1 heterocycles. The smallest absolute Gasteiger partial charge is 0.320 e. The molecule has 22 heavy (non-hydrogen) atoms. The third-order valence-corrected chi connectivity index (χ3v) is 3.49. The van der Waals surface area contributed by atoms with E-state index in [1.807, 2.05) is 0 Å². The predicted octanol–water partition coefficient (Wildman–Crippen LogP) is 4.02. The summed E-state index contributed by atoms with van der Waals surface area (Å²) in [5, 5.41) is -0.172. The largest absolute Gasteiger partial charge is 0.357 e. The highest BCUT2D eigenvalue weighted by Gasteiger charge is 2.68. The topological polar surface area (TPSA) is 37.2 Å². The summed E-state index contributed by atoms with van der Waals surface area (Å²) in [6.07, 6.45) is 0.898. The van der Waals surface area contributed by atoms with E-state index in [9.17, 15) is 17.6 Å². The maximum Gasteiger partial charge on any atom is 0.320 e. The van der Waals surface area contributed by atoms with Crippen molar-refractivity contribution in [2.24, 2.45) is 9.98 Å². The molecule has 0 saturated carbocycles. The first-order chi connectivity index (χ1) is 10.2. The second kappa shape index (κ2) is 5.81. The fourth-order valence-corrected chi connectivity index (χ4v) is 2.01. The molecule has 0 aliphatic carbocycles. The summed E-state index contributed by atoms with van der Waals surface area (Å²) in [6, 6.07) is 2.36. The van der Waals surface area contributed by atoms with Gasteiger partial charge in [-0.1, -0.05) is 11.6 Å². The van der Waals surface area contributed by atoms with Gasteiger partial charge >= 0.3 is 5.92 Å². The van der Waals surface area contributed by atoms with Crippen molar-refractivity contribution in [1.82, 2.24) is 0 Å². The highest BCUT2D eigenvalue weighted by atomic mass is 35.5. The first-order valence-corrected chi connectivity index (χ1v) is 6.47. The van der Waals surface area contributed by atoms with Crippen LogP contribution in [0.1, 0.15) is 12.5 Å². The number of hydrogen-bond acceptors (Lipinski definition) is 3. The van der Waals surface area contributed by atoms with Gasteiger partial charge in [-0.25, -0.2) is 8.78 Å². The molecule has 0 amide bonds. The molecule has 8 heteroatoms. The van der Waals surface area contributed by atoms with E-state index in [0.717, 1.165) is 25.3 Å². The van der Waals surface area contributed by atoms with Crippen LogP contribution in [0, 0.1) is 11.6 Å². The molecule has 118 valence electrons. The van der Waals surface area contributed by atoms with Gasteiger partial charge in [0.2, 0.25) is 0 Å². The highest BCUT2D eigenvalue weighted by molar-refractivity contribution is 6.29. The van der Waals surface area contributed by atoms with Gasteiger partial charge in [0.15, 0.2) is 5.60 Å². The molecule has 0 aromatic heterocycles. The number of aliphatic imine (C=N–C) groups is 2. The Kier molecular flexibility index (Phi) is 4.39. The van der Waals surface area contributed by atoms with Gasteiger partial charge < -0.3 is 4.74 Å². The zero-order valence-corrected chi connectivity index (χ0v) is 12.2. The molecule has 1 aliphatic heterocycles. The molecule has 1 aliphatic rings. The van der Waals surface area contributed by atoms with Crippen LogP contribution in [0.15, 0.2) is 39.5 Å². The Balaban J connectivity index is 2.41. The lowest BCUT2D eigenvalue weighted by Gasteiger charge is -2.24. The van der Waals surface area contributed by atoms with Gasteiger partial charge in [-0.3, -0.25) is 9.98 Å². The van der Waals surface area contributed by atoms with Gasteiger partial charge in [0.25, 0.3) is 0 Å². The van der Waals surface area contributed by atoms with Gasteiger partial charge in [0.05, 0.1) is 18.5 Å². The molecule has 0 spiro atoms. The third kappa shape index (κ3) is 2.78. The number of epoxide rings is 1. The number of nitrogens with zero attached hydrogens (tertiary/aromatic N) is 2. The normalized spacial score (nSPS) is 22.6. The van der Waals surface area contributed by atoms with E-state index in [1.165, 1.54) is 0 Å². The summed E-state index contributed by atoms with van der Waals surface area (Å²) >= 11 is 5.50. The molecule has 1 saturated heterocycles. The minimum atomic E-state index is -3.61. The van der Waals surface area contributed by atoms with E-state index < -0.39 is 41.0 Å². The third-order valence-electron chi connectivity index (χ3n) is 3.28. The lowest BCUT2D eigenvalue weighted by atomic mass is 9.90. The number of benzene rings is 1. The Morgan fingerprint density at radius 3 is 2.59 bits per heavy atom. The molecule has 0 N–H and O–H groups in total. The molecule has 1 fully saturated rings. The summed E-state index contributed by atoms with van der Waals surface area (Å²) in [5.74, 6) is -5.58. The Morgan fingerprint density at radius 2 is 2.09 bits per heavy atom. The summed E-state index contributed by atoms with van der Waals surface area (Å²) in [6.45, 7) is 3.75. The van der Waals surface area contributed by atoms with Gasteiger partial charge in [-0.2, -0.15) is 8.78 Å². The van der Waals surface area contributed by atoms with Crippen molar-refractivity contribution in [1.29, 1.82) is 0 Å². The first kappa shape index (κ1) is 16.6. The predicted molar refractivity (Wildman–Crippen MR) is 75.5 cm³/mol. The summed E-state index contributed by atoms with van der Waals surface area (Å²) in [7, 11) is 0. The van der Waals surface area contributed by atoms with Gasteiger partial charge in [-0.15, -0.1) is 0 Å². The van der Waals surface area contributed by atoms with Crippen LogP contribution >= 0.6 is 11.6 Å². The van der Waals surface area contributed by atoms with Crippen molar-refractivity contribution >= 4 is 24.0 Å². The summed E-state index contributed by atoms with van der Waals surface area (Å²) < 4.78 is 60.7. The maximum absolute atomic E-state index is 14.5. The number of ether oxygens (including phenoxy) is 1. The van der Waals surface area contributed by atoms with Crippen molar-refractivity contribution in [3.63, 3.8) is 0 Å². The van der Waals surface area contributed by atoms with Crippen molar-refractivity contribution < 1.29 is 22.3 Å². The number of hydrogen-bond donors (Lipinski definition) is 0. The van der Waals surface area contributed by atoms with Crippen LogP contribution in [0.25, 0.3) is 0 Å². The van der Waals surface area contributed by atoms with Crippen molar-refractivity contribution in [2.45, 2.75) is 18.4 Å². The second-order valence-electron chi connectivity index (χ2n) is 4.64. The van der Waals surface area contributed by atoms with Crippen LogP contribution in [0.4, 0.5) is 17.6 Å². The monoisotopic (exact) mass is 334 g/mol. The van der Waals surface area contributed by atoms with Gasteiger partial charge in [-0.05, 0) is 25.8 Å². The minimum Gasteiger partial charge on any atom is -0.357 e. The van der Waals surface area contributed by atoms with Crippen LogP contribution in [0.5, 0.6) is 0 Å². The lowest BCUT2D eigenvalue weighted by Crippen LogP contribution is -2.42. The van der Waals surface area contributed by atoms with Crippen molar-refractivity contribution in [3.8, 4) is 0 Å². The molecular formula is C14H11ClF4N2O. The van der Waals surface area contributed by atoms with Crippen LogP contribution in [0.2, 0.25) is 0 Å². The standard InChI is InChI=1S/C14H11ClF4N2O/c1-8(21-6-12(15)20-2)14(18,19)13(7-22-13)10-4-3-9(16)5-11(10)17/h3-6H,2,7H2,1H3/b12-6-,21-8+. The Bertz CT molecular complexity index is 669. The van der Waals surface area contributed by atoms with Crippen LogP contribution < -0.4 is 0 Å². The quantitative estimate of drug-likeness (QED) is 0.347. The number of rotatable bonds is 5. The Hall–Kier alpha value is -1.73. The van der Waals surface area contributed by atoms with E-state index >= 15 is 0 Å². The zero-order chi connectivity index (χ0) is 16.5. The second-order valence-corrected chi connectivity index (χ2v) is 5.03. The first-order valence-electron chi connectivity index (χ1n) is 6.09. The average Bonchev–Trinajstić information content (AvgIpc) is 3.26. The number of halogens is 5. The SMILES string of the molecule is C=N/C(Cl)=C\N=C(/C)C(F)(F)C1(c2ccc(F)cc2F)CO1. The lowest BCUT2D eigenvalue weighted by molar-refractivity contribution is -0.0158. The van der Waals surface area contributed by atoms with E-state index in [0.29, 0.717) is 6.07 Å². The Morgan fingerprint density at radius 1 is 1.45 bits per heavy atom. The molecule has 0 radical (unpaired) electrons. The Labute approximate surface area is 129 Å². The van der Waals surface area contributed by atoms with Crippen LogP contribution in [0.3, 0.4) is 0 Å². The van der Waals surface area contributed by atoms with E-state index in [-0.39, 0.29) is 5.16 Å². The molecule has 1 unspecified atom stereocenters. The highest BCUT2D eigenvalue weighted by Crippen LogP contribution is 2.52. The van der Waals surface area contributed by atoms with E-state index in [4.69, 9.17) is 16.3 Å². The van der Waals surface area contributed by atoms with Crippen LogP contribution in [-0.2, 0) is 10.3 Å². The molecule has 0 bridgehead atoms. The van der Waals surface area contributed by atoms with Crippen molar-refractivity contribution in [2.75, 3.05) is 6.61 Å². The van der Waals surface area contributed by atoms with Crippen LogP contribution in [-0.4, -0.2) is 25.0 Å². The zero-order valence-electron chi connectivity index (χ0n) is 11.4.